The van der Waals surface area contributed by atoms with Crippen molar-refractivity contribution in [1.29, 1.82) is 0 Å². The fourth-order valence-electron chi connectivity index (χ4n) is 3.72. The highest BCUT2D eigenvalue weighted by Crippen LogP contribution is 2.33. The number of carbonyl (C=O) groups excluding carboxylic acids is 2. The predicted octanol–water partition coefficient (Wildman–Crippen LogP) is 1.20. The molecule has 1 aliphatic heterocycles. The van der Waals surface area contributed by atoms with Crippen molar-refractivity contribution >= 4 is 11.9 Å². The summed E-state index contributed by atoms with van der Waals surface area (Å²) in [5, 5.41) is 5.70. The maximum Gasteiger partial charge on any atom is 0.315 e. The Labute approximate surface area is 133 Å². The molecular weight excluding hydrogens is 280 g/mol. The highest BCUT2D eigenvalue weighted by molar-refractivity contribution is 5.91. The number of hydrogen-bond acceptors (Lipinski definition) is 3. The third-order valence-electron chi connectivity index (χ3n) is 5.05. The molecule has 1 saturated heterocycles. The number of urea groups is 1. The molecule has 6 heteroatoms. The summed E-state index contributed by atoms with van der Waals surface area (Å²) >= 11 is 0. The summed E-state index contributed by atoms with van der Waals surface area (Å²) < 4.78 is 0. The Morgan fingerprint density at radius 2 is 2.00 bits per heavy atom. The van der Waals surface area contributed by atoms with Gasteiger partial charge in [-0.3, -0.25) is 4.79 Å². The highest BCUT2D eigenvalue weighted by atomic mass is 16.2. The van der Waals surface area contributed by atoms with Crippen molar-refractivity contribution in [3.05, 3.63) is 0 Å². The third kappa shape index (κ3) is 3.72. The van der Waals surface area contributed by atoms with E-state index >= 15 is 0 Å². The first-order chi connectivity index (χ1) is 10.5. The molecule has 1 saturated carbocycles. The Morgan fingerprint density at radius 1 is 1.32 bits per heavy atom. The van der Waals surface area contributed by atoms with E-state index in [4.69, 9.17) is 5.73 Å². The molecule has 1 aliphatic carbocycles. The second kappa shape index (κ2) is 7.31. The number of nitrogens with one attached hydrogen (secondary N) is 2. The summed E-state index contributed by atoms with van der Waals surface area (Å²) in [6.07, 6.45) is 5.53. The lowest BCUT2D eigenvalue weighted by Gasteiger charge is -2.40. The fraction of sp³-hybridized carbons (Fsp3) is 0.875. The normalized spacial score (nSPS) is 25.6. The van der Waals surface area contributed by atoms with Crippen LogP contribution < -0.4 is 16.4 Å². The monoisotopic (exact) mass is 310 g/mol. The van der Waals surface area contributed by atoms with Gasteiger partial charge < -0.3 is 21.3 Å². The first-order valence-corrected chi connectivity index (χ1v) is 8.59. The molecule has 6 nitrogen and oxygen atoms in total. The van der Waals surface area contributed by atoms with E-state index in [1.807, 2.05) is 18.7 Å². The molecule has 4 N–H and O–H groups in total. The molecule has 0 radical (unpaired) electrons. The molecule has 1 heterocycles. The SMILES string of the molecule is CCNC(=O)NC1(C(=O)N2CCCC(C(C)N)C2)CCCC1. The Bertz CT molecular complexity index is 405. The number of nitrogens with zero attached hydrogens (tertiary/aromatic N) is 1. The Balaban J connectivity index is 2.07. The van der Waals surface area contributed by atoms with E-state index in [-0.39, 0.29) is 18.0 Å². The minimum absolute atomic E-state index is 0.0848. The van der Waals surface area contributed by atoms with E-state index in [1.165, 1.54) is 0 Å². The predicted molar refractivity (Wildman–Crippen MR) is 86.4 cm³/mol. The van der Waals surface area contributed by atoms with Crippen LogP contribution in [0, 0.1) is 5.92 Å². The molecule has 0 spiro atoms. The van der Waals surface area contributed by atoms with Crippen molar-refractivity contribution in [2.75, 3.05) is 19.6 Å². The topological polar surface area (TPSA) is 87.5 Å². The largest absolute Gasteiger partial charge is 0.340 e. The molecule has 2 fully saturated rings. The zero-order chi connectivity index (χ0) is 16.2. The highest BCUT2D eigenvalue weighted by Gasteiger charge is 2.45. The van der Waals surface area contributed by atoms with Crippen molar-refractivity contribution in [1.82, 2.24) is 15.5 Å². The second-order valence-electron chi connectivity index (χ2n) is 6.79. The second-order valence-corrected chi connectivity index (χ2v) is 6.79. The van der Waals surface area contributed by atoms with Crippen LogP contribution in [0.15, 0.2) is 0 Å². The number of carbonyl (C=O) groups is 2. The molecule has 0 aromatic carbocycles. The molecule has 0 bridgehead atoms. The van der Waals surface area contributed by atoms with Crippen LogP contribution in [0.25, 0.3) is 0 Å². The van der Waals surface area contributed by atoms with Crippen LogP contribution in [0.4, 0.5) is 4.79 Å². The first-order valence-electron chi connectivity index (χ1n) is 8.59. The number of amides is 3. The van der Waals surface area contributed by atoms with E-state index in [0.29, 0.717) is 12.5 Å². The maximum absolute atomic E-state index is 13.1. The van der Waals surface area contributed by atoms with Gasteiger partial charge in [0.25, 0.3) is 0 Å². The summed E-state index contributed by atoms with van der Waals surface area (Å²) in [5.41, 5.74) is 5.31. The van der Waals surface area contributed by atoms with Crippen LogP contribution >= 0.6 is 0 Å². The van der Waals surface area contributed by atoms with Gasteiger partial charge in [-0.25, -0.2) is 4.79 Å². The lowest BCUT2D eigenvalue weighted by atomic mass is 9.89. The number of nitrogens with two attached hydrogens (primary N) is 1. The fourth-order valence-corrected chi connectivity index (χ4v) is 3.72. The molecular formula is C16H30N4O2. The minimum atomic E-state index is -0.709. The summed E-state index contributed by atoms with van der Waals surface area (Å²) in [6.45, 7) is 5.94. The standard InChI is InChI=1S/C16H30N4O2/c1-3-18-15(22)19-16(8-4-5-9-16)14(21)20-10-6-7-13(11-20)12(2)17/h12-13H,3-11,17H2,1-2H3,(H2,18,19,22). The summed E-state index contributed by atoms with van der Waals surface area (Å²) in [7, 11) is 0. The number of hydrogen-bond donors (Lipinski definition) is 3. The van der Waals surface area contributed by atoms with E-state index in [0.717, 1.165) is 51.6 Å². The smallest absolute Gasteiger partial charge is 0.315 e. The maximum atomic E-state index is 13.1. The van der Waals surface area contributed by atoms with Gasteiger partial charge in [0, 0.05) is 25.7 Å². The Kier molecular flexibility index (Phi) is 5.67. The van der Waals surface area contributed by atoms with E-state index in [9.17, 15) is 9.59 Å². The zero-order valence-electron chi connectivity index (χ0n) is 13.9. The molecule has 2 aliphatic rings. The molecule has 0 aromatic heterocycles. The lowest BCUT2D eigenvalue weighted by Crippen LogP contribution is -2.61. The zero-order valence-corrected chi connectivity index (χ0v) is 13.9. The molecule has 0 aromatic rings. The van der Waals surface area contributed by atoms with Crippen LogP contribution in [-0.4, -0.2) is 48.1 Å². The summed E-state index contributed by atoms with van der Waals surface area (Å²) in [4.78, 5) is 26.9. The van der Waals surface area contributed by atoms with Crippen molar-refractivity contribution in [2.24, 2.45) is 11.7 Å². The van der Waals surface area contributed by atoms with Crippen LogP contribution in [0.2, 0.25) is 0 Å². The van der Waals surface area contributed by atoms with Crippen LogP contribution in [-0.2, 0) is 4.79 Å². The number of rotatable bonds is 4. The van der Waals surface area contributed by atoms with Crippen molar-refractivity contribution < 1.29 is 9.59 Å². The molecule has 2 atom stereocenters. The van der Waals surface area contributed by atoms with E-state index < -0.39 is 5.54 Å². The summed E-state index contributed by atoms with van der Waals surface area (Å²) in [5.74, 6) is 0.447. The lowest BCUT2D eigenvalue weighted by molar-refractivity contribution is -0.139. The number of piperidine rings is 1. The Morgan fingerprint density at radius 3 is 2.59 bits per heavy atom. The molecule has 2 unspecified atom stereocenters. The number of likely N-dealkylation sites (tertiary alicyclic amines) is 1. The molecule has 22 heavy (non-hydrogen) atoms. The average molecular weight is 310 g/mol. The van der Waals surface area contributed by atoms with Gasteiger partial charge in [-0.15, -0.1) is 0 Å². The quantitative estimate of drug-likeness (QED) is 0.729. The van der Waals surface area contributed by atoms with Gasteiger partial charge in [-0.1, -0.05) is 12.8 Å². The van der Waals surface area contributed by atoms with Gasteiger partial charge in [0.15, 0.2) is 0 Å². The van der Waals surface area contributed by atoms with Gasteiger partial charge in [0.2, 0.25) is 5.91 Å². The first kappa shape index (κ1) is 17.1. The van der Waals surface area contributed by atoms with Gasteiger partial charge in [0.1, 0.15) is 5.54 Å². The van der Waals surface area contributed by atoms with Crippen LogP contribution in [0.5, 0.6) is 0 Å². The van der Waals surface area contributed by atoms with Crippen molar-refractivity contribution in [2.45, 2.75) is 64.0 Å². The summed E-state index contributed by atoms with van der Waals surface area (Å²) in [6, 6.07) is -0.134. The molecule has 3 amide bonds. The van der Waals surface area contributed by atoms with Gasteiger partial charge in [-0.2, -0.15) is 0 Å². The van der Waals surface area contributed by atoms with Crippen molar-refractivity contribution in [3.8, 4) is 0 Å². The van der Waals surface area contributed by atoms with Crippen molar-refractivity contribution in [3.63, 3.8) is 0 Å². The van der Waals surface area contributed by atoms with Crippen LogP contribution in [0.1, 0.15) is 52.4 Å². The minimum Gasteiger partial charge on any atom is -0.340 e. The van der Waals surface area contributed by atoms with E-state index in [1.54, 1.807) is 0 Å². The van der Waals surface area contributed by atoms with Gasteiger partial charge >= 0.3 is 6.03 Å². The van der Waals surface area contributed by atoms with Gasteiger partial charge in [-0.05, 0) is 45.4 Å². The molecule has 126 valence electrons. The third-order valence-corrected chi connectivity index (χ3v) is 5.05. The average Bonchev–Trinajstić information content (AvgIpc) is 2.96. The van der Waals surface area contributed by atoms with Gasteiger partial charge in [0.05, 0.1) is 0 Å². The molecule has 2 rings (SSSR count). The Hall–Kier alpha value is -1.30. The van der Waals surface area contributed by atoms with Crippen LogP contribution in [0.3, 0.4) is 0 Å². The van der Waals surface area contributed by atoms with E-state index in [2.05, 4.69) is 10.6 Å².